The molecule has 1 fully saturated rings. The molecule has 8 nitrogen and oxygen atoms in total. The summed E-state index contributed by atoms with van der Waals surface area (Å²) >= 11 is 0. The highest BCUT2D eigenvalue weighted by molar-refractivity contribution is 5.99. The molecule has 1 aromatic rings. The lowest BCUT2D eigenvalue weighted by molar-refractivity contribution is -0.129. The number of methoxy groups -OCH3 is 1. The average molecular weight is 409 g/mol. The molecule has 8 heteroatoms. The maximum atomic E-state index is 13.1. The topological polar surface area (TPSA) is 108 Å². The van der Waals surface area contributed by atoms with E-state index in [9.17, 15) is 14.4 Å². The Balaban J connectivity index is 1.63. The Kier molecular flexibility index (Phi) is 4.95. The monoisotopic (exact) mass is 409 g/mol. The van der Waals surface area contributed by atoms with E-state index in [2.05, 4.69) is 17.2 Å². The smallest absolute Gasteiger partial charge is 0.335 e. The van der Waals surface area contributed by atoms with Crippen LogP contribution in [-0.2, 0) is 19.9 Å². The van der Waals surface area contributed by atoms with Crippen LogP contribution in [0.2, 0.25) is 0 Å². The first-order chi connectivity index (χ1) is 14.3. The number of nitrogens with one attached hydrogen (secondary N) is 2. The number of ether oxygens (including phenoxy) is 1. The normalized spacial score (nSPS) is 25.8. The molecule has 2 heterocycles. The number of amides is 2. The summed E-state index contributed by atoms with van der Waals surface area (Å²) in [7, 11) is 1.65. The highest BCUT2D eigenvalue weighted by Crippen LogP contribution is 2.33. The number of carbonyl (C=O) groups is 3. The van der Waals surface area contributed by atoms with Crippen LogP contribution >= 0.6 is 0 Å². The third kappa shape index (κ3) is 3.29. The number of rotatable bonds is 5. The van der Waals surface area contributed by atoms with Crippen LogP contribution in [0.25, 0.3) is 0 Å². The molecule has 2 atom stereocenters. The molecule has 0 spiro atoms. The molecule has 0 radical (unpaired) electrons. The van der Waals surface area contributed by atoms with Gasteiger partial charge in [0.25, 0.3) is 11.8 Å². The highest BCUT2D eigenvalue weighted by atomic mass is 16.5. The Hall–Kier alpha value is -3.39. The van der Waals surface area contributed by atoms with Gasteiger partial charge in [-0.15, -0.1) is 0 Å². The number of hydrogen-bond donors (Lipinski definition) is 3. The first-order valence-corrected chi connectivity index (χ1v) is 9.69. The van der Waals surface area contributed by atoms with E-state index in [-0.39, 0.29) is 30.0 Å². The molecule has 3 N–H and O–H groups in total. The van der Waals surface area contributed by atoms with Gasteiger partial charge >= 0.3 is 5.97 Å². The zero-order valence-corrected chi connectivity index (χ0v) is 16.6. The van der Waals surface area contributed by atoms with Crippen molar-refractivity contribution >= 4 is 17.8 Å². The van der Waals surface area contributed by atoms with Crippen molar-refractivity contribution < 1.29 is 24.2 Å². The second kappa shape index (κ2) is 7.46. The molecule has 156 valence electrons. The summed E-state index contributed by atoms with van der Waals surface area (Å²) in [6, 6.07) is 6.08. The number of aromatic carboxylic acids is 1. The van der Waals surface area contributed by atoms with Crippen LogP contribution in [0.15, 0.2) is 60.0 Å². The van der Waals surface area contributed by atoms with Crippen LogP contribution in [0.3, 0.4) is 0 Å². The minimum absolute atomic E-state index is 0.0125. The molecule has 2 amide bonds. The summed E-state index contributed by atoms with van der Waals surface area (Å²) in [5.74, 6) is -1.14. The van der Waals surface area contributed by atoms with Gasteiger partial charge in [0.2, 0.25) is 0 Å². The lowest BCUT2D eigenvalue weighted by Gasteiger charge is -2.32. The second-order valence-corrected chi connectivity index (χ2v) is 7.68. The summed E-state index contributed by atoms with van der Waals surface area (Å²) in [5.41, 5.74) is 1.13. The van der Waals surface area contributed by atoms with Gasteiger partial charge in [-0.3, -0.25) is 9.59 Å². The molecule has 1 saturated heterocycles. The first kappa shape index (κ1) is 19.9. The fraction of sp³-hybridized carbons (Fsp3) is 0.318. The minimum atomic E-state index is -1.24. The Bertz CT molecular complexity index is 995. The standard InChI is InChI=1S/C22H23N3O5/c1-13-23-21(29)22(24-13,16-6-3-14(4-7-16)20(27)28)12-25-11-15-5-8-17(30-2)9-10-18(15)19(25)26/h3-8,17,24H,1,9-12H2,2H3,(H,23,29)(H,27,28)/t17?,22-/m0/s1. The van der Waals surface area contributed by atoms with E-state index >= 15 is 0 Å². The van der Waals surface area contributed by atoms with Gasteiger partial charge in [-0.05, 0) is 36.1 Å². The molecule has 30 heavy (non-hydrogen) atoms. The van der Waals surface area contributed by atoms with Gasteiger partial charge in [-0.25, -0.2) is 4.79 Å². The van der Waals surface area contributed by atoms with Crippen LogP contribution in [0.5, 0.6) is 0 Å². The zero-order valence-electron chi connectivity index (χ0n) is 16.6. The molecule has 1 aromatic carbocycles. The van der Waals surface area contributed by atoms with Gasteiger partial charge in [-0.1, -0.05) is 30.9 Å². The van der Waals surface area contributed by atoms with Gasteiger partial charge in [0.15, 0.2) is 5.54 Å². The maximum Gasteiger partial charge on any atom is 0.335 e. The van der Waals surface area contributed by atoms with E-state index in [0.29, 0.717) is 24.4 Å². The van der Waals surface area contributed by atoms with E-state index < -0.39 is 11.5 Å². The Labute approximate surface area is 173 Å². The molecule has 4 rings (SSSR count). The molecular weight excluding hydrogens is 386 g/mol. The fourth-order valence-electron chi connectivity index (χ4n) is 4.23. The van der Waals surface area contributed by atoms with Crippen molar-refractivity contribution in [3.8, 4) is 0 Å². The van der Waals surface area contributed by atoms with Crippen molar-refractivity contribution in [2.45, 2.75) is 24.5 Å². The quantitative estimate of drug-likeness (QED) is 0.676. The summed E-state index contributed by atoms with van der Waals surface area (Å²) < 4.78 is 5.38. The molecule has 3 aliphatic rings. The van der Waals surface area contributed by atoms with Crippen molar-refractivity contribution in [2.24, 2.45) is 0 Å². The third-order valence-electron chi connectivity index (χ3n) is 5.86. The van der Waals surface area contributed by atoms with E-state index in [1.165, 1.54) is 12.1 Å². The second-order valence-electron chi connectivity index (χ2n) is 7.68. The number of carboxylic acids is 1. The van der Waals surface area contributed by atoms with Gasteiger partial charge in [0.1, 0.15) is 0 Å². The number of carbonyl (C=O) groups excluding carboxylic acids is 2. The molecule has 1 unspecified atom stereocenters. The van der Waals surface area contributed by atoms with Crippen molar-refractivity contribution in [2.75, 3.05) is 20.2 Å². The Morgan fingerprint density at radius 1 is 1.33 bits per heavy atom. The largest absolute Gasteiger partial charge is 0.478 e. The van der Waals surface area contributed by atoms with Crippen LogP contribution < -0.4 is 10.6 Å². The fourth-order valence-corrected chi connectivity index (χ4v) is 4.23. The zero-order chi connectivity index (χ0) is 21.5. The molecule has 0 aromatic heterocycles. The summed E-state index contributed by atoms with van der Waals surface area (Å²) in [5, 5.41) is 14.9. The van der Waals surface area contributed by atoms with Crippen LogP contribution in [0.1, 0.15) is 28.8 Å². The van der Waals surface area contributed by atoms with Crippen LogP contribution in [-0.4, -0.2) is 54.1 Å². The lowest BCUT2D eigenvalue weighted by atomic mass is 9.88. The van der Waals surface area contributed by atoms with E-state index in [1.54, 1.807) is 24.1 Å². The number of benzene rings is 1. The summed E-state index contributed by atoms with van der Waals surface area (Å²) in [6.45, 7) is 4.29. The predicted molar refractivity (Wildman–Crippen MR) is 108 cm³/mol. The molecule has 1 aliphatic carbocycles. The van der Waals surface area contributed by atoms with Crippen LogP contribution in [0.4, 0.5) is 0 Å². The number of carboxylic acid groups (broad SMARTS) is 1. The molecule has 0 saturated carbocycles. The predicted octanol–water partition coefficient (Wildman–Crippen LogP) is 1.27. The lowest BCUT2D eigenvalue weighted by Crippen LogP contribution is -2.52. The van der Waals surface area contributed by atoms with Crippen molar-refractivity contribution in [1.29, 1.82) is 0 Å². The van der Waals surface area contributed by atoms with Gasteiger partial charge in [0, 0.05) is 19.2 Å². The highest BCUT2D eigenvalue weighted by Gasteiger charge is 2.48. The maximum absolute atomic E-state index is 13.1. The van der Waals surface area contributed by atoms with Gasteiger partial charge in [0.05, 0.1) is 24.0 Å². The number of nitrogens with zero attached hydrogens (tertiary/aromatic N) is 1. The Morgan fingerprint density at radius 3 is 2.67 bits per heavy atom. The third-order valence-corrected chi connectivity index (χ3v) is 5.86. The SMILES string of the molecule is C=C1NC(=O)[C@](CN2CC3=C(CCC(OC)C=C3)C2=O)(c2ccc(C(=O)O)cc2)N1. The van der Waals surface area contributed by atoms with Gasteiger partial charge in [-0.2, -0.15) is 0 Å². The molecular formula is C22H23N3O5. The van der Waals surface area contributed by atoms with E-state index in [0.717, 1.165) is 17.6 Å². The van der Waals surface area contributed by atoms with Crippen molar-refractivity contribution in [3.05, 3.63) is 71.1 Å². The molecule has 0 bridgehead atoms. The minimum Gasteiger partial charge on any atom is -0.478 e. The van der Waals surface area contributed by atoms with E-state index in [1.807, 2.05) is 12.2 Å². The summed E-state index contributed by atoms with van der Waals surface area (Å²) in [4.78, 5) is 38.9. The van der Waals surface area contributed by atoms with Gasteiger partial charge < -0.3 is 25.4 Å². The average Bonchev–Trinajstić information content (AvgIpc) is 3.08. The Morgan fingerprint density at radius 2 is 2.07 bits per heavy atom. The first-order valence-electron chi connectivity index (χ1n) is 9.69. The van der Waals surface area contributed by atoms with E-state index in [4.69, 9.17) is 9.84 Å². The number of hydrogen-bond acceptors (Lipinski definition) is 5. The van der Waals surface area contributed by atoms with Crippen molar-refractivity contribution in [3.63, 3.8) is 0 Å². The van der Waals surface area contributed by atoms with Crippen LogP contribution in [0, 0.1) is 0 Å². The summed E-state index contributed by atoms with van der Waals surface area (Å²) in [6.07, 6.45) is 5.22. The molecule has 2 aliphatic heterocycles. The van der Waals surface area contributed by atoms with Crippen molar-refractivity contribution in [1.82, 2.24) is 15.5 Å².